The largest absolute Gasteiger partial charge is 0.355 e. The van der Waals surface area contributed by atoms with Crippen LogP contribution in [0.2, 0.25) is 0 Å². The first-order valence-electron chi connectivity index (χ1n) is 7.97. The molecule has 0 atom stereocenters. The molecule has 0 unspecified atom stereocenters. The summed E-state index contributed by atoms with van der Waals surface area (Å²) < 4.78 is 0. The Bertz CT molecular complexity index is 331. The zero-order valence-corrected chi connectivity index (χ0v) is 13.5. The van der Waals surface area contributed by atoms with Crippen molar-refractivity contribution in [2.75, 3.05) is 19.6 Å². The molecule has 116 valence electrons. The van der Waals surface area contributed by atoms with Crippen molar-refractivity contribution in [3.8, 4) is 0 Å². The molecule has 1 aliphatic heterocycles. The Balaban J connectivity index is 2.49. The third kappa shape index (κ3) is 4.50. The molecule has 1 fully saturated rings. The van der Waals surface area contributed by atoms with Crippen LogP contribution >= 0.6 is 0 Å². The van der Waals surface area contributed by atoms with Crippen LogP contribution in [0.4, 0.5) is 0 Å². The number of carbonyl (C=O) groups is 2. The Morgan fingerprint density at radius 1 is 1.20 bits per heavy atom. The average molecular weight is 282 g/mol. The Hall–Kier alpha value is -1.06. The third-order valence-electron chi connectivity index (χ3n) is 4.24. The van der Waals surface area contributed by atoms with Crippen LogP contribution in [0.15, 0.2) is 0 Å². The smallest absolute Gasteiger partial charge is 0.237 e. The number of unbranched alkanes of at least 4 members (excludes halogenated alkanes) is 2. The molecule has 4 nitrogen and oxygen atoms in total. The number of hydrogen-bond donors (Lipinski definition) is 1. The van der Waals surface area contributed by atoms with Gasteiger partial charge in [0.25, 0.3) is 0 Å². The normalized spacial score (nSPS) is 17.1. The summed E-state index contributed by atoms with van der Waals surface area (Å²) in [6, 6.07) is 0. The van der Waals surface area contributed by atoms with Crippen molar-refractivity contribution in [3.63, 3.8) is 0 Å². The first-order valence-corrected chi connectivity index (χ1v) is 7.97. The highest BCUT2D eigenvalue weighted by molar-refractivity contribution is 6.04. The van der Waals surface area contributed by atoms with Crippen molar-refractivity contribution in [3.05, 3.63) is 0 Å². The summed E-state index contributed by atoms with van der Waals surface area (Å²) in [4.78, 5) is 26.6. The van der Waals surface area contributed by atoms with E-state index in [1.54, 1.807) is 13.8 Å². The van der Waals surface area contributed by atoms with Gasteiger partial charge in [-0.2, -0.15) is 0 Å². The SMILES string of the molecule is CCCCCNC(=O)C(C)(C)C(=O)N1CCC(C)CC1. The first kappa shape index (κ1) is 17.0. The second-order valence-electron chi connectivity index (χ2n) is 6.56. The van der Waals surface area contributed by atoms with Gasteiger partial charge in [-0.25, -0.2) is 0 Å². The van der Waals surface area contributed by atoms with Crippen LogP contribution in [-0.2, 0) is 9.59 Å². The topological polar surface area (TPSA) is 49.4 Å². The van der Waals surface area contributed by atoms with Gasteiger partial charge in [0, 0.05) is 19.6 Å². The predicted octanol–water partition coefficient (Wildman–Crippen LogP) is 2.58. The highest BCUT2D eigenvalue weighted by Crippen LogP contribution is 2.24. The summed E-state index contributed by atoms with van der Waals surface area (Å²) in [5.41, 5.74) is -0.952. The lowest BCUT2D eigenvalue weighted by Crippen LogP contribution is -2.51. The molecular weight excluding hydrogens is 252 g/mol. The van der Waals surface area contributed by atoms with Crippen molar-refractivity contribution in [2.24, 2.45) is 11.3 Å². The Morgan fingerprint density at radius 3 is 2.35 bits per heavy atom. The zero-order chi connectivity index (χ0) is 15.2. The molecule has 0 aliphatic carbocycles. The van der Waals surface area contributed by atoms with Gasteiger partial charge in [0.05, 0.1) is 0 Å². The molecular formula is C16H30N2O2. The van der Waals surface area contributed by atoms with Crippen LogP contribution in [0.25, 0.3) is 0 Å². The molecule has 1 N–H and O–H groups in total. The molecule has 0 radical (unpaired) electrons. The monoisotopic (exact) mass is 282 g/mol. The summed E-state index contributed by atoms with van der Waals surface area (Å²) in [5.74, 6) is 0.514. The van der Waals surface area contributed by atoms with E-state index in [2.05, 4.69) is 19.2 Å². The number of piperidine rings is 1. The number of nitrogens with one attached hydrogen (secondary N) is 1. The van der Waals surface area contributed by atoms with Crippen LogP contribution in [0.5, 0.6) is 0 Å². The fraction of sp³-hybridized carbons (Fsp3) is 0.875. The standard InChI is InChI=1S/C16H30N2O2/c1-5-6-7-10-17-14(19)16(3,4)15(20)18-11-8-13(2)9-12-18/h13H,5-12H2,1-4H3,(H,17,19). The van der Waals surface area contributed by atoms with Crippen LogP contribution < -0.4 is 5.32 Å². The number of carbonyl (C=O) groups excluding carboxylic acids is 2. The predicted molar refractivity (Wildman–Crippen MR) is 81.3 cm³/mol. The molecule has 0 aromatic carbocycles. The number of rotatable bonds is 6. The van der Waals surface area contributed by atoms with Crippen molar-refractivity contribution in [1.82, 2.24) is 10.2 Å². The van der Waals surface area contributed by atoms with Gasteiger partial charge in [-0.3, -0.25) is 9.59 Å². The van der Waals surface area contributed by atoms with E-state index in [4.69, 9.17) is 0 Å². The Labute approximate surface area is 123 Å². The number of hydrogen-bond acceptors (Lipinski definition) is 2. The van der Waals surface area contributed by atoms with Crippen molar-refractivity contribution >= 4 is 11.8 Å². The highest BCUT2D eigenvalue weighted by atomic mass is 16.2. The summed E-state index contributed by atoms with van der Waals surface area (Å²) in [5, 5.41) is 2.90. The lowest BCUT2D eigenvalue weighted by molar-refractivity contribution is -0.149. The van der Waals surface area contributed by atoms with Crippen molar-refractivity contribution in [2.45, 2.75) is 59.8 Å². The van der Waals surface area contributed by atoms with E-state index >= 15 is 0 Å². The summed E-state index contributed by atoms with van der Waals surface area (Å²) >= 11 is 0. The molecule has 1 aliphatic rings. The van der Waals surface area contributed by atoms with Gasteiger partial charge in [-0.1, -0.05) is 26.7 Å². The van der Waals surface area contributed by atoms with Crippen molar-refractivity contribution < 1.29 is 9.59 Å². The van der Waals surface area contributed by atoms with Gasteiger partial charge in [-0.05, 0) is 39.0 Å². The summed E-state index contributed by atoms with van der Waals surface area (Å²) in [6.07, 6.45) is 5.30. The maximum Gasteiger partial charge on any atom is 0.237 e. The van der Waals surface area contributed by atoms with E-state index in [0.29, 0.717) is 12.5 Å². The van der Waals surface area contributed by atoms with Crippen LogP contribution in [0, 0.1) is 11.3 Å². The van der Waals surface area contributed by atoms with Gasteiger partial charge in [-0.15, -0.1) is 0 Å². The van der Waals surface area contributed by atoms with E-state index in [1.807, 2.05) is 4.90 Å². The minimum Gasteiger partial charge on any atom is -0.355 e. The molecule has 0 bridgehead atoms. The van der Waals surface area contributed by atoms with Gasteiger partial charge in [0.1, 0.15) is 5.41 Å². The maximum atomic E-state index is 12.5. The zero-order valence-electron chi connectivity index (χ0n) is 13.5. The second kappa shape index (κ2) is 7.65. The molecule has 0 saturated carbocycles. The molecule has 1 rings (SSSR count). The van der Waals surface area contributed by atoms with E-state index in [9.17, 15) is 9.59 Å². The fourth-order valence-corrected chi connectivity index (χ4v) is 2.50. The van der Waals surface area contributed by atoms with Crippen LogP contribution in [0.3, 0.4) is 0 Å². The molecule has 0 aromatic rings. The molecule has 0 aromatic heterocycles. The quantitative estimate of drug-likeness (QED) is 0.601. The second-order valence-corrected chi connectivity index (χ2v) is 6.56. The molecule has 0 spiro atoms. The average Bonchev–Trinajstić information content (AvgIpc) is 2.43. The van der Waals surface area contributed by atoms with Gasteiger partial charge in [0.2, 0.25) is 11.8 Å². The van der Waals surface area contributed by atoms with E-state index < -0.39 is 5.41 Å². The van der Waals surface area contributed by atoms with Gasteiger partial charge >= 0.3 is 0 Å². The van der Waals surface area contributed by atoms with E-state index in [1.165, 1.54) is 0 Å². The van der Waals surface area contributed by atoms with Crippen LogP contribution in [-0.4, -0.2) is 36.3 Å². The Morgan fingerprint density at radius 2 is 1.80 bits per heavy atom. The first-order chi connectivity index (χ1) is 9.39. The summed E-state index contributed by atoms with van der Waals surface area (Å²) in [7, 11) is 0. The molecule has 4 heteroatoms. The van der Waals surface area contributed by atoms with Crippen LogP contribution in [0.1, 0.15) is 59.8 Å². The van der Waals surface area contributed by atoms with E-state index in [0.717, 1.165) is 45.2 Å². The Kier molecular flexibility index (Phi) is 6.50. The van der Waals surface area contributed by atoms with Gasteiger partial charge < -0.3 is 10.2 Å². The minimum atomic E-state index is -0.952. The molecule has 2 amide bonds. The summed E-state index contributed by atoms with van der Waals surface area (Å²) in [6.45, 7) is 10.1. The lowest BCUT2D eigenvalue weighted by Gasteiger charge is -2.35. The maximum absolute atomic E-state index is 12.5. The molecule has 1 heterocycles. The third-order valence-corrected chi connectivity index (χ3v) is 4.24. The number of amides is 2. The van der Waals surface area contributed by atoms with E-state index in [-0.39, 0.29) is 11.8 Å². The fourth-order valence-electron chi connectivity index (χ4n) is 2.50. The molecule has 20 heavy (non-hydrogen) atoms. The number of likely N-dealkylation sites (tertiary alicyclic amines) is 1. The molecule has 1 saturated heterocycles. The number of nitrogens with zero attached hydrogens (tertiary/aromatic N) is 1. The van der Waals surface area contributed by atoms with Gasteiger partial charge in [0.15, 0.2) is 0 Å². The van der Waals surface area contributed by atoms with Crippen molar-refractivity contribution in [1.29, 1.82) is 0 Å². The minimum absolute atomic E-state index is 0.0302. The highest BCUT2D eigenvalue weighted by Gasteiger charge is 2.39. The lowest BCUT2D eigenvalue weighted by atomic mass is 9.88.